The minimum absolute atomic E-state index is 0.211. The number of aryl methyl sites for hydroxylation is 1. The molecule has 4 rings (SSSR count). The van der Waals surface area contributed by atoms with E-state index < -0.39 is 5.60 Å². The molecular formula is C32H47N5O2. The number of amides is 1. The van der Waals surface area contributed by atoms with E-state index in [1.807, 2.05) is 27.0 Å². The zero-order valence-corrected chi connectivity index (χ0v) is 25.0. The molecule has 0 aliphatic heterocycles. The van der Waals surface area contributed by atoms with Gasteiger partial charge in [0.2, 0.25) is 0 Å². The summed E-state index contributed by atoms with van der Waals surface area (Å²) in [6.07, 6.45) is 6.09. The summed E-state index contributed by atoms with van der Waals surface area (Å²) in [4.78, 5) is 25.0. The van der Waals surface area contributed by atoms with Crippen molar-refractivity contribution in [3.8, 4) is 0 Å². The molecule has 7 heteroatoms. The van der Waals surface area contributed by atoms with E-state index in [4.69, 9.17) is 14.7 Å². The number of alkyl carbamates (subject to hydrolysis) is 1. The average Bonchev–Trinajstić information content (AvgIpc) is 3.20. The highest BCUT2D eigenvalue weighted by Gasteiger charge is 2.30. The number of nitrogens with zero attached hydrogens (tertiary/aromatic N) is 4. The lowest BCUT2D eigenvalue weighted by molar-refractivity contribution is 0.0502. The van der Waals surface area contributed by atoms with Gasteiger partial charge in [-0.2, -0.15) is 0 Å². The van der Waals surface area contributed by atoms with E-state index in [9.17, 15) is 4.79 Å². The van der Waals surface area contributed by atoms with Gasteiger partial charge in [0, 0.05) is 24.7 Å². The number of fused-ring (bicyclic) bond motifs is 2. The zero-order chi connectivity index (χ0) is 28.2. The quantitative estimate of drug-likeness (QED) is 0.307. The highest BCUT2D eigenvalue weighted by molar-refractivity contribution is 5.76. The third-order valence-corrected chi connectivity index (χ3v) is 7.37. The van der Waals surface area contributed by atoms with Gasteiger partial charge >= 0.3 is 6.09 Å². The Morgan fingerprint density at radius 2 is 1.92 bits per heavy atom. The highest BCUT2D eigenvalue weighted by Crippen LogP contribution is 2.35. The van der Waals surface area contributed by atoms with Gasteiger partial charge in [0.05, 0.1) is 29.3 Å². The summed E-state index contributed by atoms with van der Waals surface area (Å²) < 4.78 is 7.83. The summed E-state index contributed by atoms with van der Waals surface area (Å²) in [5, 5.41) is 2.98. The van der Waals surface area contributed by atoms with Crippen molar-refractivity contribution in [3.05, 3.63) is 59.7 Å². The van der Waals surface area contributed by atoms with E-state index in [2.05, 4.69) is 78.9 Å². The predicted octanol–water partition coefficient (Wildman–Crippen LogP) is 6.91. The Balaban J connectivity index is 1.61. The third-order valence-electron chi connectivity index (χ3n) is 7.37. The number of ether oxygens (including phenoxy) is 1. The lowest BCUT2D eigenvalue weighted by atomic mass is 9.90. The third kappa shape index (κ3) is 7.81. The van der Waals surface area contributed by atoms with E-state index in [1.165, 1.54) is 17.7 Å². The maximum absolute atomic E-state index is 12.4. The van der Waals surface area contributed by atoms with Crippen LogP contribution in [0.5, 0.6) is 0 Å². The predicted molar refractivity (Wildman–Crippen MR) is 158 cm³/mol. The highest BCUT2D eigenvalue weighted by atomic mass is 16.6. The molecule has 0 saturated heterocycles. The van der Waals surface area contributed by atoms with Gasteiger partial charge in [-0.1, -0.05) is 45.9 Å². The first-order chi connectivity index (χ1) is 18.4. The zero-order valence-electron chi connectivity index (χ0n) is 25.0. The number of pyridine rings is 1. The van der Waals surface area contributed by atoms with Gasteiger partial charge in [-0.15, -0.1) is 0 Å². The first-order valence-electron chi connectivity index (χ1n) is 14.5. The second kappa shape index (κ2) is 12.1. The van der Waals surface area contributed by atoms with Crippen LogP contribution in [0, 0.1) is 11.3 Å². The van der Waals surface area contributed by atoms with Gasteiger partial charge in [0.1, 0.15) is 11.4 Å². The first kappa shape index (κ1) is 29.1. The summed E-state index contributed by atoms with van der Waals surface area (Å²) in [7, 11) is 0. The Morgan fingerprint density at radius 3 is 2.67 bits per heavy atom. The molecule has 3 aromatic rings. The van der Waals surface area contributed by atoms with Crippen molar-refractivity contribution in [2.45, 2.75) is 98.9 Å². The minimum atomic E-state index is -0.520. The van der Waals surface area contributed by atoms with Crippen LogP contribution in [0.4, 0.5) is 4.79 Å². The number of para-hydroxylation sites is 2. The van der Waals surface area contributed by atoms with E-state index >= 15 is 0 Å². The molecule has 0 saturated carbocycles. The van der Waals surface area contributed by atoms with Crippen LogP contribution in [-0.2, 0) is 24.2 Å². The number of rotatable bonds is 10. The SMILES string of the molecule is CC(C)CCN(Cc1nc2ccccc2n1CC(C)(C)CNC(=O)OC(C)(C)C)C1CCCc2cccnc21. The van der Waals surface area contributed by atoms with Crippen LogP contribution in [0.1, 0.15) is 90.9 Å². The van der Waals surface area contributed by atoms with Crippen molar-refractivity contribution in [1.29, 1.82) is 0 Å². The van der Waals surface area contributed by atoms with Gasteiger partial charge in [-0.3, -0.25) is 9.88 Å². The molecule has 2 heterocycles. The monoisotopic (exact) mass is 533 g/mol. The summed E-state index contributed by atoms with van der Waals surface area (Å²) in [6, 6.07) is 13.0. The second-order valence-corrected chi connectivity index (χ2v) is 13.2. The smallest absolute Gasteiger partial charge is 0.407 e. The Hall–Kier alpha value is -2.93. The molecule has 1 aliphatic rings. The Labute approximate surface area is 234 Å². The van der Waals surface area contributed by atoms with Crippen molar-refractivity contribution < 1.29 is 9.53 Å². The van der Waals surface area contributed by atoms with Crippen LogP contribution in [0.2, 0.25) is 0 Å². The number of benzene rings is 1. The van der Waals surface area contributed by atoms with Crippen molar-refractivity contribution in [2.75, 3.05) is 13.1 Å². The Morgan fingerprint density at radius 1 is 1.15 bits per heavy atom. The molecule has 1 amide bonds. The molecule has 2 aromatic heterocycles. The maximum atomic E-state index is 12.4. The van der Waals surface area contributed by atoms with Crippen LogP contribution >= 0.6 is 0 Å². The number of carbonyl (C=O) groups is 1. The molecule has 0 bridgehead atoms. The number of carbonyl (C=O) groups excluding carboxylic acids is 1. The average molecular weight is 534 g/mol. The molecule has 0 spiro atoms. The van der Waals surface area contributed by atoms with Crippen molar-refractivity contribution in [2.24, 2.45) is 11.3 Å². The molecule has 1 atom stereocenters. The van der Waals surface area contributed by atoms with Crippen LogP contribution in [0.3, 0.4) is 0 Å². The molecule has 39 heavy (non-hydrogen) atoms. The Kier molecular flexibility index (Phi) is 9.00. The van der Waals surface area contributed by atoms with E-state index in [0.717, 1.165) is 55.8 Å². The summed E-state index contributed by atoms with van der Waals surface area (Å²) in [5.74, 6) is 1.68. The van der Waals surface area contributed by atoms with Gasteiger partial charge in [0.25, 0.3) is 0 Å². The number of imidazole rings is 1. The number of hydrogen-bond donors (Lipinski definition) is 1. The van der Waals surface area contributed by atoms with Crippen LogP contribution in [-0.4, -0.2) is 44.2 Å². The molecule has 7 nitrogen and oxygen atoms in total. The molecule has 1 aliphatic carbocycles. The molecule has 0 fully saturated rings. The first-order valence-corrected chi connectivity index (χ1v) is 14.5. The molecule has 1 N–H and O–H groups in total. The van der Waals surface area contributed by atoms with Crippen LogP contribution < -0.4 is 5.32 Å². The molecular weight excluding hydrogens is 486 g/mol. The topological polar surface area (TPSA) is 72.3 Å². The number of hydrogen-bond acceptors (Lipinski definition) is 5. The fraction of sp³-hybridized carbons (Fsp3) is 0.594. The lowest BCUT2D eigenvalue weighted by Gasteiger charge is -2.35. The molecule has 1 unspecified atom stereocenters. The standard InChI is InChI=1S/C32H47N5O2/c1-23(2)17-19-36(27-16-10-12-24-13-11-18-33-29(24)27)20-28-35-25-14-8-9-15-26(25)37(28)22-32(6,7)21-34-30(38)39-31(3,4)5/h8-9,11,13-15,18,23,27H,10,12,16-17,19-22H2,1-7H3,(H,34,38). The Bertz CT molecular complexity index is 1260. The minimum Gasteiger partial charge on any atom is -0.444 e. The van der Waals surface area contributed by atoms with Crippen LogP contribution in [0.15, 0.2) is 42.6 Å². The van der Waals surface area contributed by atoms with E-state index in [-0.39, 0.29) is 11.5 Å². The number of nitrogens with one attached hydrogen (secondary N) is 1. The summed E-state index contributed by atoms with van der Waals surface area (Å²) in [6.45, 7) is 17.6. The van der Waals surface area contributed by atoms with Gasteiger partial charge in [0.15, 0.2) is 0 Å². The van der Waals surface area contributed by atoms with E-state index in [0.29, 0.717) is 18.5 Å². The lowest BCUT2D eigenvalue weighted by Crippen LogP contribution is -2.40. The van der Waals surface area contributed by atoms with Gasteiger partial charge in [-0.25, -0.2) is 9.78 Å². The maximum Gasteiger partial charge on any atom is 0.407 e. The fourth-order valence-corrected chi connectivity index (χ4v) is 5.42. The fourth-order valence-electron chi connectivity index (χ4n) is 5.42. The summed E-state index contributed by atoms with van der Waals surface area (Å²) in [5.41, 5.74) is 4.02. The van der Waals surface area contributed by atoms with Crippen LogP contribution in [0.25, 0.3) is 11.0 Å². The molecule has 212 valence electrons. The van der Waals surface area contributed by atoms with Gasteiger partial charge < -0.3 is 14.6 Å². The van der Waals surface area contributed by atoms with Crippen molar-refractivity contribution >= 4 is 17.1 Å². The van der Waals surface area contributed by atoms with E-state index in [1.54, 1.807) is 0 Å². The van der Waals surface area contributed by atoms with Gasteiger partial charge in [-0.05, 0) is 82.7 Å². The largest absolute Gasteiger partial charge is 0.444 e. The summed E-state index contributed by atoms with van der Waals surface area (Å²) >= 11 is 0. The molecule has 1 aromatic carbocycles. The van der Waals surface area contributed by atoms with Crippen molar-refractivity contribution in [1.82, 2.24) is 24.8 Å². The normalized spacial score (nSPS) is 16.1. The van der Waals surface area contributed by atoms with Crippen molar-refractivity contribution in [3.63, 3.8) is 0 Å². The second-order valence-electron chi connectivity index (χ2n) is 13.2. The molecule has 0 radical (unpaired) electrons. The number of aromatic nitrogens is 3.